The number of rotatable bonds is 6. The normalized spacial score (nSPS) is 20.6. The summed E-state index contributed by atoms with van der Waals surface area (Å²) < 4.78 is 1.57. The average Bonchev–Trinajstić information content (AvgIpc) is 3.25. The van der Waals surface area contributed by atoms with Crippen molar-refractivity contribution in [2.24, 2.45) is 5.92 Å². The van der Waals surface area contributed by atoms with E-state index >= 15 is 0 Å². The van der Waals surface area contributed by atoms with Gasteiger partial charge in [0.15, 0.2) is 0 Å². The molecule has 0 aliphatic heterocycles. The zero-order chi connectivity index (χ0) is 16.1. The van der Waals surface area contributed by atoms with E-state index in [0.717, 1.165) is 12.1 Å². The molecule has 0 spiro atoms. The Balaban J connectivity index is 1.61. The minimum atomic E-state index is 0.0154. The van der Waals surface area contributed by atoms with Gasteiger partial charge in [0, 0.05) is 11.6 Å². The molecule has 1 aliphatic carbocycles. The molecule has 0 saturated heterocycles. The van der Waals surface area contributed by atoms with Crippen LogP contribution in [0.3, 0.4) is 0 Å². The minimum absolute atomic E-state index is 0.0154. The summed E-state index contributed by atoms with van der Waals surface area (Å²) in [5, 5.41) is 14.3. The maximum Gasteiger partial charge on any atom is 0.251 e. The van der Waals surface area contributed by atoms with E-state index < -0.39 is 0 Å². The predicted molar refractivity (Wildman–Crippen MR) is 87.3 cm³/mol. The molecule has 2 aromatic rings. The molecule has 1 aromatic carbocycles. The zero-order valence-electron chi connectivity index (χ0n) is 13.5. The molecular formula is C17H23N5O. The number of nitrogens with zero attached hydrogens (tertiary/aromatic N) is 4. The van der Waals surface area contributed by atoms with E-state index in [4.69, 9.17) is 0 Å². The maximum absolute atomic E-state index is 12.5. The fourth-order valence-corrected chi connectivity index (χ4v) is 3.34. The first-order valence-electron chi connectivity index (χ1n) is 8.42. The highest BCUT2D eigenvalue weighted by molar-refractivity contribution is 5.94. The lowest BCUT2D eigenvalue weighted by Crippen LogP contribution is -2.37. The van der Waals surface area contributed by atoms with Gasteiger partial charge in [0.2, 0.25) is 0 Å². The third-order valence-electron chi connectivity index (χ3n) is 4.65. The number of carbonyl (C=O) groups is 1. The number of hydrogen-bond donors (Lipinski definition) is 1. The Bertz CT molecular complexity index is 623. The highest BCUT2D eigenvalue weighted by atomic mass is 16.1. The van der Waals surface area contributed by atoms with E-state index in [1.54, 1.807) is 4.68 Å². The molecule has 6 nitrogen and oxygen atoms in total. The molecule has 23 heavy (non-hydrogen) atoms. The van der Waals surface area contributed by atoms with Crippen LogP contribution in [0, 0.1) is 5.92 Å². The lowest BCUT2D eigenvalue weighted by atomic mass is 9.96. The molecule has 0 bridgehead atoms. The van der Waals surface area contributed by atoms with Crippen molar-refractivity contribution >= 4 is 5.91 Å². The van der Waals surface area contributed by atoms with Gasteiger partial charge in [-0.1, -0.05) is 26.2 Å². The summed E-state index contributed by atoms with van der Waals surface area (Å²) >= 11 is 0. The standard InChI is InChI=1S/C17H23N5O/c1-2-3-5-13-6-4-7-16(13)19-17(23)14-8-10-15(11-9-14)22-12-18-20-21-22/h8-13,16H,2-7H2,1H3,(H,19,23). The Hall–Kier alpha value is -2.24. The quantitative estimate of drug-likeness (QED) is 0.890. The molecule has 2 atom stereocenters. The second kappa shape index (κ2) is 7.35. The van der Waals surface area contributed by atoms with Gasteiger partial charge in [0.05, 0.1) is 5.69 Å². The largest absolute Gasteiger partial charge is 0.349 e. The van der Waals surface area contributed by atoms with E-state index in [0.29, 0.717) is 17.5 Å². The summed E-state index contributed by atoms with van der Waals surface area (Å²) in [6.45, 7) is 2.22. The Kier molecular flexibility index (Phi) is 5.00. The molecule has 1 aromatic heterocycles. The monoisotopic (exact) mass is 313 g/mol. The number of amides is 1. The minimum Gasteiger partial charge on any atom is -0.349 e. The van der Waals surface area contributed by atoms with Crippen molar-refractivity contribution in [3.63, 3.8) is 0 Å². The molecule has 1 amide bonds. The van der Waals surface area contributed by atoms with Crippen molar-refractivity contribution in [2.45, 2.75) is 51.5 Å². The molecule has 122 valence electrons. The SMILES string of the molecule is CCCCC1CCCC1NC(=O)c1ccc(-n2cnnn2)cc1. The molecule has 1 saturated carbocycles. The smallest absolute Gasteiger partial charge is 0.251 e. The van der Waals surface area contributed by atoms with Crippen LogP contribution in [0.4, 0.5) is 0 Å². The van der Waals surface area contributed by atoms with Crippen molar-refractivity contribution < 1.29 is 4.79 Å². The molecule has 1 aliphatic rings. The molecule has 3 rings (SSSR count). The van der Waals surface area contributed by atoms with Crippen LogP contribution in [-0.2, 0) is 0 Å². The van der Waals surface area contributed by atoms with Gasteiger partial charge < -0.3 is 5.32 Å². The summed E-state index contributed by atoms with van der Waals surface area (Å²) in [4.78, 5) is 12.5. The van der Waals surface area contributed by atoms with Crippen molar-refractivity contribution in [3.8, 4) is 5.69 Å². The van der Waals surface area contributed by atoms with Crippen LogP contribution in [0.1, 0.15) is 55.8 Å². The first-order chi connectivity index (χ1) is 11.3. The van der Waals surface area contributed by atoms with Gasteiger partial charge in [-0.2, -0.15) is 0 Å². The van der Waals surface area contributed by atoms with Gasteiger partial charge in [0.1, 0.15) is 6.33 Å². The number of unbranched alkanes of at least 4 members (excludes halogenated alkanes) is 1. The first-order valence-corrected chi connectivity index (χ1v) is 8.42. The maximum atomic E-state index is 12.5. The van der Waals surface area contributed by atoms with Gasteiger partial charge in [-0.15, -0.1) is 5.10 Å². The van der Waals surface area contributed by atoms with E-state index in [1.807, 2.05) is 24.3 Å². The van der Waals surface area contributed by atoms with Gasteiger partial charge >= 0.3 is 0 Å². The Morgan fingerprint density at radius 3 is 2.83 bits per heavy atom. The third-order valence-corrected chi connectivity index (χ3v) is 4.65. The molecule has 1 N–H and O–H groups in total. The second-order valence-corrected chi connectivity index (χ2v) is 6.21. The van der Waals surface area contributed by atoms with E-state index in [-0.39, 0.29) is 5.91 Å². The molecule has 1 fully saturated rings. The molecule has 2 unspecified atom stereocenters. The fourth-order valence-electron chi connectivity index (χ4n) is 3.34. The summed E-state index contributed by atoms with van der Waals surface area (Å²) in [6.07, 6.45) is 8.78. The number of aromatic nitrogens is 4. The number of hydrogen-bond acceptors (Lipinski definition) is 4. The van der Waals surface area contributed by atoms with Crippen molar-refractivity contribution in [1.82, 2.24) is 25.5 Å². The highest BCUT2D eigenvalue weighted by Crippen LogP contribution is 2.30. The number of nitrogens with one attached hydrogen (secondary N) is 1. The van der Waals surface area contributed by atoms with Gasteiger partial charge in [-0.05, 0) is 59.9 Å². The average molecular weight is 313 g/mol. The lowest BCUT2D eigenvalue weighted by molar-refractivity contribution is 0.0926. The summed E-state index contributed by atoms with van der Waals surface area (Å²) in [6, 6.07) is 7.68. The van der Waals surface area contributed by atoms with Crippen LogP contribution in [0.2, 0.25) is 0 Å². The summed E-state index contributed by atoms with van der Waals surface area (Å²) in [5.41, 5.74) is 1.52. The topological polar surface area (TPSA) is 72.7 Å². The van der Waals surface area contributed by atoms with E-state index in [1.165, 1.54) is 38.4 Å². The van der Waals surface area contributed by atoms with Gasteiger partial charge in [0.25, 0.3) is 5.91 Å². The van der Waals surface area contributed by atoms with E-state index in [2.05, 4.69) is 27.8 Å². The first kappa shape index (κ1) is 15.6. The number of tetrazole rings is 1. The Morgan fingerprint density at radius 1 is 1.30 bits per heavy atom. The van der Waals surface area contributed by atoms with Crippen LogP contribution in [0.5, 0.6) is 0 Å². The molecular weight excluding hydrogens is 290 g/mol. The second-order valence-electron chi connectivity index (χ2n) is 6.21. The Morgan fingerprint density at radius 2 is 2.13 bits per heavy atom. The van der Waals surface area contributed by atoms with Crippen LogP contribution in [-0.4, -0.2) is 32.2 Å². The number of carbonyl (C=O) groups excluding carboxylic acids is 1. The van der Waals surface area contributed by atoms with Crippen molar-refractivity contribution in [1.29, 1.82) is 0 Å². The van der Waals surface area contributed by atoms with Gasteiger partial charge in [-0.25, -0.2) is 4.68 Å². The summed E-state index contributed by atoms with van der Waals surface area (Å²) in [5.74, 6) is 0.654. The Labute approximate surface area is 136 Å². The van der Waals surface area contributed by atoms with Crippen LogP contribution in [0.25, 0.3) is 5.69 Å². The van der Waals surface area contributed by atoms with Crippen LogP contribution < -0.4 is 5.32 Å². The summed E-state index contributed by atoms with van der Waals surface area (Å²) in [7, 11) is 0. The lowest BCUT2D eigenvalue weighted by Gasteiger charge is -2.21. The van der Waals surface area contributed by atoms with Gasteiger partial charge in [-0.3, -0.25) is 4.79 Å². The zero-order valence-corrected chi connectivity index (χ0v) is 13.5. The van der Waals surface area contributed by atoms with Crippen LogP contribution in [0.15, 0.2) is 30.6 Å². The van der Waals surface area contributed by atoms with Crippen molar-refractivity contribution in [2.75, 3.05) is 0 Å². The molecule has 6 heteroatoms. The van der Waals surface area contributed by atoms with Crippen molar-refractivity contribution in [3.05, 3.63) is 36.2 Å². The number of benzene rings is 1. The molecule has 0 radical (unpaired) electrons. The van der Waals surface area contributed by atoms with Crippen LogP contribution >= 0.6 is 0 Å². The predicted octanol–water partition coefficient (Wildman–Crippen LogP) is 2.75. The third kappa shape index (κ3) is 3.75. The molecule has 1 heterocycles. The highest BCUT2D eigenvalue weighted by Gasteiger charge is 2.28. The van der Waals surface area contributed by atoms with E-state index in [9.17, 15) is 4.79 Å². The fraction of sp³-hybridized carbons (Fsp3) is 0.529.